The fourth-order valence-corrected chi connectivity index (χ4v) is 3.80. The van der Waals surface area contributed by atoms with Crippen molar-refractivity contribution >= 4 is 5.91 Å². The fourth-order valence-electron chi connectivity index (χ4n) is 3.80. The lowest BCUT2D eigenvalue weighted by atomic mass is 9.97. The van der Waals surface area contributed by atoms with Gasteiger partial charge < -0.3 is 5.32 Å². The molecule has 1 fully saturated rings. The minimum atomic E-state index is 0.0193. The normalized spacial score (nSPS) is 20.0. The molecule has 2 aliphatic rings. The van der Waals surface area contributed by atoms with Crippen molar-refractivity contribution in [2.75, 3.05) is 19.6 Å². The second-order valence-corrected chi connectivity index (χ2v) is 7.12. The van der Waals surface area contributed by atoms with E-state index in [1.54, 1.807) is 10.3 Å². The van der Waals surface area contributed by atoms with Crippen molar-refractivity contribution in [3.63, 3.8) is 0 Å². The standard InChI is InChI=1S/C19H30N4O/c1-3-23-18(13-15(2)21-23)19(24)20-17-9-11-22(12-10-17)14-16-7-5-4-6-8-16/h7,13,17H,3-6,8-12,14H2,1-2H3,(H,20,24). The summed E-state index contributed by atoms with van der Waals surface area (Å²) in [6.07, 6.45) is 9.75. The monoisotopic (exact) mass is 330 g/mol. The molecule has 0 radical (unpaired) electrons. The summed E-state index contributed by atoms with van der Waals surface area (Å²) < 4.78 is 1.79. The topological polar surface area (TPSA) is 50.2 Å². The fraction of sp³-hybridized carbons (Fsp3) is 0.684. The van der Waals surface area contributed by atoms with E-state index in [-0.39, 0.29) is 11.9 Å². The predicted octanol–water partition coefficient (Wildman–Crippen LogP) is 2.91. The number of aryl methyl sites for hydroxylation is 2. The highest BCUT2D eigenvalue weighted by Crippen LogP contribution is 2.20. The molecule has 5 heteroatoms. The number of carbonyl (C=O) groups excluding carboxylic acids is 1. The minimum Gasteiger partial charge on any atom is -0.348 e. The van der Waals surface area contributed by atoms with Crippen molar-refractivity contribution in [2.45, 2.75) is 65.0 Å². The van der Waals surface area contributed by atoms with Gasteiger partial charge in [-0.2, -0.15) is 5.10 Å². The van der Waals surface area contributed by atoms with E-state index in [1.807, 2.05) is 19.9 Å². The van der Waals surface area contributed by atoms with E-state index >= 15 is 0 Å². The Morgan fingerprint density at radius 1 is 1.33 bits per heavy atom. The summed E-state index contributed by atoms with van der Waals surface area (Å²) in [6.45, 7) is 7.96. The van der Waals surface area contributed by atoms with Crippen LogP contribution in [0.4, 0.5) is 0 Å². The summed E-state index contributed by atoms with van der Waals surface area (Å²) in [5.41, 5.74) is 3.20. The van der Waals surface area contributed by atoms with E-state index in [9.17, 15) is 4.79 Å². The molecular weight excluding hydrogens is 300 g/mol. The maximum absolute atomic E-state index is 12.5. The Kier molecular flexibility index (Phi) is 5.72. The van der Waals surface area contributed by atoms with Gasteiger partial charge >= 0.3 is 0 Å². The van der Waals surface area contributed by atoms with Crippen LogP contribution in [-0.4, -0.2) is 46.3 Å². The summed E-state index contributed by atoms with van der Waals surface area (Å²) in [4.78, 5) is 15.1. The van der Waals surface area contributed by atoms with Gasteiger partial charge in [-0.3, -0.25) is 14.4 Å². The number of nitrogens with one attached hydrogen (secondary N) is 1. The molecule has 1 N–H and O–H groups in total. The maximum Gasteiger partial charge on any atom is 0.269 e. The van der Waals surface area contributed by atoms with Crippen molar-refractivity contribution in [3.05, 3.63) is 29.1 Å². The smallest absolute Gasteiger partial charge is 0.269 e. The molecule has 0 bridgehead atoms. The van der Waals surface area contributed by atoms with E-state index in [4.69, 9.17) is 0 Å². The lowest BCUT2D eigenvalue weighted by Gasteiger charge is -2.33. The average Bonchev–Trinajstić information content (AvgIpc) is 2.99. The molecule has 0 saturated carbocycles. The highest BCUT2D eigenvalue weighted by atomic mass is 16.2. The quantitative estimate of drug-likeness (QED) is 0.845. The Morgan fingerprint density at radius 3 is 2.79 bits per heavy atom. The van der Waals surface area contributed by atoms with Crippen LogP contribution in [0.1, 0.15) is 61.6 Å². The molecule has 0 spiro atoms. The Balaban J connectivity index is 1.48. The Labute approximate surface area is 145 Å². The number of piperidine rings is 1. The van der Waals surface area contributed by atoms with Gasteiger partial charge in [-0.25, -0.2) is 0 Å². The van der Waals surface area contributed by atoms with Gasteiger partial charge in [0.1, 0.15) is 5.69 Å². The maximum atomic E-state index is 12.5. The number of amides is 1. The molecule has 0 unspecified atom stereocenters. The Morgan fingerprint density at radius 2 is 2.12 bits per heavy atom. The van der Waals surface area contributed by atoms with Crippen molar-refractivity contribution in [1.82, 2.24) is 20.0 Å². The van der Waals surface area contributed by atoms with Gasteiger partial charge in [0.05, 0.1) is 5.69 Å². The van der Waals surface area contributed by atoms with E-state index in [0.29, 0.717) is 5.69 Å². The second-order valence-electron chi connectivity index (χ2n) is 7.12. The zero-order chi connectivity index (χ0) is 16.9. The van der Waals surface area contributed by atoms with Gasteiger partial charge in [-0.1, -0.05) is 11.6 Å². The van der Waals surface area contributed by atoms with Gasteiger partial charge in [0, 0.05) is 32.2 Å². The lowest BCUT2D eigenvalue weighted by Crippen LogP contribution is -2.45. The predicted molar refractivity (Wildman–Crippen MR) is 96.1 cm³/mol. The molecule has 2 heterocycles. The van der Waals surface area contributed by atoms with Gasteiger partial charge in [0.15, 0.2) is 0 Å². The zero-order valence-electron chi connectivity index (χ0n) is 15.1. The van der Waals surface area contributed by atoms with Crippen LogP contribution in [-0.2, 0) is 6.54 Å². The van der Waals surface area contributed by atoms with Gasteiger partial charge in [-0.15, -0.1) is 0 Å². The van der Waals surface area contributed by atoms with Crippen LogP contribution in [0, 0.1) is 6.92 Å². The molecule has 0 atom stereocenters. The van der Waals surface area contributed by atoms with Crippen LogP contribution in [0.2, 0.25) is 0 Å². The molecular formula is C19H30N4O. The molecule has 1 saturated heterocycles. The molecule has 1 aliphatic heterocycles. The number of rotatable bonds is 5. The van der Waals surface area contributed by atoms with Crippen molar-refractivity contribution in [2.24, 2.45) is 0 Å². The molecule has 1 aromatic rings. The number of hydrogen-bond acceptors (Lipinski definition) is 3. The second kappa shape index (κ2) is 7.97. The lowest BCUT2D eigenvalue weighted by molar-refractivity contribution is 0.0902. The minimum absolute atomic E-state index is 0.0193. The molecule has 5 nitrogen and oxygen atoms in total. The number of aromatic nitrogens is 2. The van der Waals surface area contributed by atoms with Gasteiger partial charge in [-0.05, 0) is 58.4 Å². The summed E-state index contributed by atoms with van der Waals surface area (Å²) in [5.74, 6) is 0.0193. The van der Waals surface area contributed by atoms with E-state index in [2.05, 4.69) is 21.4 Å². The van der Waals surface area contributed by atoms with Crippen LogP contribution in [0.5, 0.6) is 0 Å². The van der Waals surface area contributed by atoms with E-state index in [1.165, 1.54) is 25.7 Å². The molecule has 1 amide bonds. The Bertz CT molecular complexity index is 597. The van der Waals surface area contributed by atoms with Crippen LogP contribution in [0.15, 0.2) is 17.7 Å². The number of nitrogens with zero attached hydrogens (tertiary/aromatic N) is 3. The first kappa shape index (κ1) is 17.2. The van der Waals surface area contributed by atoms with Crippen LogP contribution >= 0.6 is 0 Å². The largest absolute Gasteiger partial charge is 0.348 e. The van der Waals surface area contributed by atoms with Crippen LogP contribution in [0.25, 0.3) is 0 Å². The zero-order valence-corrected chi connectivity index (χ0v) is 15.1. The average molecular weight is 330 g/mol. The first-order chi connectivity index (χ1) is 11.7. The third-order valence-electron chi connectivity index (χ3n) is 5.17. The summed E-state index contributed by atoms with van der Waals surface area (Å²) in [7, 11) is 0. The SMILES string of the molecule is CCn1nc(C)cc1C(=O)NC1CCN(CC2=CCCCC2)CC1. The van der Waals surface area contributed by atoms with Gasteiger partial charge in [0.2, 0.25) is 0 Å². The highest BCUT2D eigenvalue weighted by Gasteiger charge is 2.23. The number of carbonyl (C=O) groups is 1. The summed E-state index contributed by atoms with van der Waals surface area (Å²) in [5, 5.41) is 7.57. The first-order valence-corrected chi connectivity index (χ1v) is 9.41. The molecule has 3 rings (SSSR count). The number of likely N-dealkylation sites (tertiary alicyclic amines) is 1. The number of allylic oxidation sites excluding steroid dienone is 1. The van der Waals surface area contributed by atoms with E-state index in [0.717, 1.165) is 44.7 Å². The van der Waals surface area contributed by atoms with Crippen molar-refractivity contribution in [3.8, 4) is 0 Å². The van der Waals surface area contributed by atoms with E-state index < -0.39 is 0 Å². The molecule has 0 aromatic carbocycles. The number of hydrogen-bond donors (Lipinski definition) is 1. The third kappa shape index (κ3) is 4.26. The molecule has 24 heavy (non-hydrogen) atoms. The third-order valence-corrected chi connectivity index (χ3v) is 5.17. The Hall–Kier alpha value is -1.62. The highest BCUT2D eigenvalue weighted by molar-refractivity contribution is 5.92. The van der Waals surface area contributed by atoms with Crippen LogP contribution in [0.3, 0.4) is 0 Å². The van der Waals surface area contributed by atoms with Gasteiger partial charge in [0.25, 0.3) is 5.91 Å². The summed E-state index contributed by atoms with van der Waals surface area (Å²) in [6, 6.07) is 2.17. The van der Waals surface area contributed by atoms with Crippen molar-refractivity contribution in [1.29, 1.82) is 0 Å². The first-order valence-electron chi connectivity index (χ1n) is 9.41. The van der Waals surface area contributed by atoms with Crippen molar-refractivity contribution < 1.29 is 4.79 Å². The molecule has 1 aromatic heterocycles. The molecule has 1 aliphatic carbocycles. The summed E-state index contributed by atoms with van der Waals surface area (Å²) >= 11 is 0. The molecule has 132 valence electrons. The van der Waals surface area contributed by atoms with Crippen LogP contribution < -0.4 is 5.32 Å².